The molecule has 0 heterocycles. The molecule has 0 spiro atoms. The Morgan fingerprint density at radius 2 is 1.73 bits per heavy atom. The number of nitrogens with zero attached hydrogens (tertiary/aromatic N) is 1. The predicted molar refractivity (Wildman–Crippen MR) is 108 cm³/mol. The summed E-state index contributed by atoms with van der Waals surface area (Å²) in [7, 11) is 0. The summed E-state index contributed by atoms with van der Waals surface area (Å²) in [6.45, 7) is 4.37. The number of allylic oxidation sites excluding steroid dienone is 13. The number of benzene rings is 1. The average Bonchev–Trinajstić information content (AvgIpc) is 2.69. The molecule has 1 nitrogen and oxygen atoms in total. The largest absolute Gasteiger partial charge is 0.192 e. The van der Waals surface area contributed by atoms with Crippen molar-refractivity contribution in [3.63, 3.8) is 0 Å². The van der Waals surface area contributed by atoms with Gasteiger partial charge in [-0.2, -0.15) is 5.26 Å². The molecule has 126 valence electrons. The third-order valence-electron chi connectivity index (χ3n) is 5.49. The minimum Gasteiger partial charge on any atom is -0.192 e. The van der Waals surface area contributed by atoms with Crippen LogP contribution >= 0.6 is 0 Å². The average molecular weight is 335 g/mol. The van der Waals surface area contributed by atoms with Crippen molar-refractivity contribution in [2.75, 3.05) is 0 Å². The van der Waals surface area contributed by atoms with Gasteiger partial charge in [-0.25, -0.2) is 0 Å². The molecule has 1 aromatic rings. The molecular weight excluding hydrogens is 314 g/mol. The van der Waals surface area contributed by atoms with E-state index in [4.69, 9.17) is 5.26 Å². The van der Waals surface area contributed by atoms with Crippen molar-refractivity contribution in [3.8, 4) is 6.07 Å². The number of hydrogen-bond acceptors (Lipinski definition) is 1. The summed E-state index contributed by atoms with van der Waals surface area (Å²) in [6, 6.07) is 9.86. The molecule has 1 heteroatoms. The first-order chi connectivity index (χ1) is 12.7. The van der Waals surface area contributed by atoms with Crippen LogP contribution in [0.1, 0.15) is 25.0 Å². The molecule has 26 heavy (non-hydrogen) atoms. The summed E-state index contributed by atoms with van der Waals surface area (Å²) in [4.78, 5) is 0. The van der Waals surface area contributed by atoms with Crippen molar-refractivity contribution in [1.29, 1.82) is 5.26 Å². The number of hydrogen-bond donors (Lipinski definition) is 0. The molecule has 2 atom stereocenters. The van der Waals surface area contributed by atoms with Gasteiger partial charge in [0.25, 0.3) is 0 Å². The number of nitriles is 1. The van der Waals surface area contributed by atoms with Crippen LogP contribution in [-0.2, 0) is 0 Å². The van der Waals surface area contributed by atoms with Gasteiger partial charge in [0.15, 0.2) is 0 Å². The molecule has 0 saturated heterocycles. The van der Waals surface area contributed by atoms with Gasteiger partial charge in [-0.05, 0) is 53.8 Å². The lowest BCUT2D eigenvalue weighted by Gasteiger charge is -2.39. The highest BCUT2D eigenvalue weighted by molar-refractivity contribution is 5.65. The summed E-state index contributed by atoms with van der Waals surface area (Å²) in [5, 5.41) is 8.93. The highest BCUT2D eigenvalue weighted by atomic mass is 14.4. The van der Waals surface area contributed by atoms with Gasteiger partial charge in [-0.1, -0.05) is 72.4 Å². The molecule has 0 saturated carbocycles. The van der Waals surface area contributed by atoms with Gasteiger partial charge in [-0.15, -0.1) is 0 Å². The van der Waals surface area contributed by atoms with Crippen LogP contribution in [0.15, 0.2) is 101 Å². The third-order valence-corrected chi connectivity index (χ3v) is 5.49. The van der Waals surface area contributed by atoms with E-state index >= 15 is 0 Å². The molecule has 1 aromatic carbocycles. The van der Waals surface area contributed by atoms with Gasteiger partial charge < -0.3 is 0 Å². The molecule has 0 radical (unpaired) electrons. The summed E-state index contributed by atoms with van der Waals surface area (Å²) in [5.74, 6) is 0.866. The van der Waals surface area contributed by atoms with E-state index in [0.29, 0.717) is 17.4 Å². The van der Waals surface area contributed by atoms with Gasteiger partial charge in [0.05, 0.1) is 11.6 Å². The Balaban J connectivity index is 1.70. The van der Waals surface area contributed by atoms with Gasteiger partial charge in [0.2, 0.25) is 0 Å². The van der Waals surface area contributed by atoms with Crippen molar-refractivity contribution >= 4 is 6.08 Å². The van der Waals surface area contributed by atoms with E-state index < -0.39 is 0 Å². The Morgan fingerprint density at radius 3 is 2.46 bits per heavy atom. The Labute approximate surface area is 155 Å². The van der Waals surface area contributed by atoms with E-state index in [1.54, 1.807) is 0 Å². The molecule has 3 aliphatic rings. The van der Waals surface area contributed by atoms with Crippen LogP contribution < -0.4 is 0 Å². The van der Waals surface area contributed by atoms with Crippen LogP contribution in [0.2, 0.25) is 0 Å². The van der Waals surface area contributed by atoms with E-state index in [0.717, 1.165) is 5.56 Å². The molecule has 0 aromatic heterocycles. The second-order valence-electron chi connectivity index (χ2n) is 6.97. The molecule has 0 N–H and O–H groups in total. The maximum absolute atomic E-state index is 8.93. The molecule has 4 rings (SSSR count). The Kier molecular flexibility index (Phi) is 4.19. The SMILES string of the molecule is C/C=C1/C=CC2=CC=C(/C=C/c3ccc(C#N)cc3)C3=CC=C(C)C1C23. The molecule has 2 unspecified atom stereocenters. The van der Waals surface area contributed by atoms with E-state index in [-0.39, 0.29) is 0 Å². The Bertz CT molecular complexity index is 995. The molecule has 0 amide bonds. The first-order valence-corrected chi connectivity index (χ1v) is 9.04. The first-order valence-electron chi connectivity index (χ1n) is 9.04. The fourth-order valence-corrected chi connectivity index (χ4v) is 4.10. The van der Waals surface area contributed by atoms with Crippen molar-refractivity contribution in [2.24, 2.45) is 11.8 Å². The lowest BCUT2D eigenvalue weighted by Crippen LogP contribution is -2.28. The third kappa shape index (κ3) is 2.74. The maximum Gasteiger partial charge on any atom is 0.0991 e. The molecular formula is C25H21N. The minimum atomic E-state index is 0.418. The summed E-state index contributed by atoms with van der Waals surface area (Å²) < 4.78 is 0. The molecule has 0 aliphatic heterocycles. The Morgan fingerprint density at radius 1 is 0.923 bits per heavy atom. The topological polar surface area (TPSA) is 23.8 Å². The van der Waals surface area contributed by atoms with Crippen molar-refractivity contribution in [1.82, 2.24) is 0 Å². The lowest BCUT2D eigenvalue weighted by molar-refractivity contribution is 0.552. The van der Waals surface area contributed by atoms with Crippen LogP contribution in [0.3, 0.4) is 0 Å². The number of rotatable bonds is 2. The zero-order chi connectivity index (χ0) is 18.1. The molecule has 3 aliphatic carbocycles. The van der Waals surface area contributed by atoms with Gasteiger partial charge in [-0.3, -0.25) is 0 Å². The van der Waals surface area contributed by atoms with E-state index in [2.05, 4.69) is 74.6 Å². The fourth-order valence-electron chi connectivity index (χ4n) is 4.10. The van der Waals surface area contributed by atoms with E-state index in [9.17, 15) is 0 Å². The predicted octanol–water partition coefficient (Wildman–Crippen LogP) is 6.07. The van der Waals surface area contributed by atoms with Crippen LogP contribution in [0, 0.1) is 23.2 Å². The van der Waals surface area contributed by atoms with Gasteiger partial charge >= 0.3 is 0 Å². The second kappa shape index (κ2) is 6.65. The highest BCUT2D eigenvalue weighted by Gasteiger charge is 2.36. The standard InChI is InChI=1S/C25H21N/c1-3-20-11-13-22-14-12-21(23-15-4-17(2)24(20)25(22)23)10-9-18-5-7-19(16-26)8-6-18/h3-15,24-25H,1-2H3/b10-9+,20-3-. The normalized spacial score (nSPS) is 25.2. The van der Waals surface area contributed by atoms with E-state index in [1.165, 1.54) is 27.9 Å². The monoisotopic (exact) mass is 335 g/mol. The second-order valence-corrected chi connectivity index (χ2v) is 6.97. The zero-order valence-corrected chi connectivity index (χ0v) is 15.1. The highest BCUT2D eigenvalue weighted by Crippen LogP contribution is 2.48. The van der Waals surface area contributed by atoms with Crippen LogP contribution in [0.25, 0.3) is 6.08 Å². The van der Waals surface area contributed by atoms with Gasteiger partial charge in [0.1, 0.15) is 0 Å². The van der Waals surface area contributed by atoms with Gasteiger partial charge in [0, 0.05) is 11.8 Å². The molecule has 0 fully saturated rings. The first kappa shape index (κ1) is 16.4. The maximum atomic E-state index is 8.93. The van der Waals surface area contributed by atoms with E-state index in [1.807, 2.05) is 24.3 Å². The van der Waals surface area contributed by atoms with Crippen molar-refractivity contribution in [2.45, 2.75) is 13.8 Å². The minimum absolute atomic E-state index is 0.418. The lowest BCUT2D eigenvalue weighted by atomic mass is 9.64. The van der Waals surface area contributed by atoms with Crippen LogP contribution in [0.5, 0.6) is 0 Å². The Hall–Kier alpha value is -3.11. The van der Waals surface area contributed by atoms with Crippen molar-refractivity contribution in [3.05, 3.63) is 112 Å². The summed E-state index contributed by atoms with van der Waals surface area (Å²) in [5.41, 5.74) is 8.70. The van der Waals surface area contributed by atoms with Crippen LogP contribution in [0.4, 0.5) is 0 Å². The van der Waals surface area contributed by atoms with Crippen LogP contribution in [-0.4, -0.2) is 0 Å². The zero-order valence-electron chi connectivity index (χ0n) is 15.1. The van der Waals surface area contributed by atoms with Crippen molar-refractivity contribution < 1.29 is 0 Å². The summed E-state index contributed by atoms with van der Waals surface area (Å²) >= 11 is 0. The summed E-state index contributed by atoms with van der Waals surface area (Å²) in [6.07, 6.45) is 20.1. The quantitative estimate of drug-likeness (QED) is 0.643. The fraction of sp³-hybridized carbons (Fsp3) is 0.160. The smallest absolute Gasteiger partial charge is 0.0991 e. The molecule has 0 bridgehead atoms.